The number of carbonyl (C=O) groups excluding carboxylic acids is 2. The lowest BCUT2D eigenvalue weighted by atomic mass is 10.0. The molecule has 1 aromatic rings. The number of likely N-dealkylation sites (tertiary alicyclic amines) is 1. The number of likely N-dealkylation sites (N-methyl/N-ethyl adjacent to an activating group) is 1. The quantitative estimate of drug-likeness (QED) is 0.833. The van der Waals surface area contributed by atoms with E-state index in [1.807, 2.05) is 30.0 Å². The monoisotopic (exact) mass is 395 g/mol. The minimum absolute atomic E-state index is 0.108. The van der Waals surface area contributed by atoms with E-state index in [0.29, 0.717) is 5.92 Å². The Morgan fingerprint density at radius 2 is 2.12 bits per heavy atom. The van der Waals surface area contributed by atoms with Crippen LogP contribution in [0.2, 0.25) is 0 Å². The van der Waals surface area contributed by atoms with Gasteiger partial charge in [-0.05, 0) is 56.5 Å². The topological polar surface area (TPSA) is 52.7 Å². The van der Waals surface area contributed by atoms with Gasteiger partial charge in [-0.1, -0.05) is 22.9 Å². The minimum Gasteiger partial charge on any atom is -0.341 e. The van der Waals surface area contributed by atoms with Crippen molar-refractivity contribution in [2.24, 2.45) is 5.92 Å². The Hall–Kier alpha value is -1.40. The number of hydrogen-bond acceptors (Lipinski definition) is 3. The van der Waals surface area contributed by atoms with Crippen LogP contribution in [0.4, 0.5) is 5.69 Å². The van der Waals surface area contributed by atoms with Crippen LogP contribution < -0.4 is 5.32 Å². The van der Waals surface area contributed by atoms with E-state index in [4.69, 9.17) is 0 Å². The van der Waals surface area contributed by atoms with Gasteiger partial charge in [-0.3, -0.25) is 14.5 Å². The van der Waals surface area contributed by atoms with Gasteiger partial charge in [0.2, 0.25) is 11.8 Å². The van der Waals surface area contributed by atoms with E-state index in [2.05, 4.69) is 28.2 Å². The van der Waals surface area contributed by atoms with Crippen molar-refractivity contribution >= 4 is 33.4 Å². The molecule has 2 amide bonds. The number of aryl methyl sites for hydroxylation is 1. The van der Waals surface area contributed by atoms with E-state index in [9.17, 15) is 9.59 Å². The van der Waals surface area contributed by atoms with Gasteiger partial charge in [0.15, 0.2) is 0 Å². The first-order valence-corrected chi connectivity index (χ1v) is 9.16. The number of anilines is 1. The summed E-state index contributed by atoms with van der Waals surface area (Å²) < 4.78 is 0.983. The number of hydrogen-bond donors (Lipinski definition) is 1. The van der Waals surface area contributed by atoms with Gasteiger partial charge >= 0.3 is 0 Å². The number of rotatable bonds is 5. The highest BCUT2D eigenvalue weighted by Gasteiger charge is 2.22. The fourth-order valence-electron chi connectivity index (χ4n) is 3.00. The molecule has 1 fully saturated rings. The molecule has 0 radical (unpaired) electrons. The smallest absolute Gasteiger partial charge is 0.238 e. The molecule has 1 aromatic carbocycles. The Bertz CT molecular complexity index is 606. The summed E-state index contributed by atoms with van der Waals surface area (Å²) in [4.78, 5) is 28.2. The van der Waals surface area contributed by atoms with Crippen LogP contribution >= 0.6 is 15.9 Å². The van der Waals surface area contributed by atoms with Crippen LogP contribution in [0.25, 0.3) is 0 Å². The Balaban J connectivity index is 1.81. The van der Waals surface area contributed by atoms with Gasteiger partial charge in [-0.2, -0.15) is 0 Å². The standard InChI is InChI=1S/C18H26BrN3O2/c1-13-5-4-8-22(10-13)18(24)12-21(3)11-17(23)20-16-7-6-15(19)9-14(16)2/h6-7,9,13H,4-5,8,10-12H2,1-3H3,(H,20,23)/t13-/m1/s1. The Labute approximate surface area is 152 Å². The zero-order valence-electron chi connectivity index (χ0n) is 14.6. The molecule has 1 atom stereocenters. The van der Waals surface area contributed by atoms with Crippen LogP contribution in [0.15, 0.2) is 22.7 Å². The van der Waals surface area contributed by atoms with Crippen molar-refractivity contribution in [1.29, 1.82) is 0 Å². The highest BCUT2D eigenvalue weighted by atomic mass is 79.9. The predicted octanol–water partition coefficient (Wildman–Crippen LogP) is 2.89. The molecule has 2 rings (SSSR count). The van der Waals surface area contributed by atoms with E-state index in [0.717, 1.165) is 35.2 Å². The molecule has 0 bridgehead atoms. The average Bonchev–Trinajstić information content (AvgIpc) is 2.50. The van der Waals surface area contributed by atoms with Crippen molar-refractivity contribution in [3.8, 4) is 0 Å². The molecule has 0 spiro atoms. The number of piperidine rings is 1. The molecule has 0 saturated carbocycles. The van der Waals surface area contributed by atoms with Gasteiger partial charge in [0.25, 0.3) is 0 Å². The Morgan fingerprint density at radius 1 is 1.38 bits per heavy atom. The van der Waals surface area contributed by atoms with E-state index in [1.165, 1.54) is 6.42 Å². The van der Waals surface area contributed by atoms with Crippen LogP contribution in [0, 0.1) is 12.8 Å². The number of amides is 2. The fourth-order valence-corrected chi connectivity index (χ4v) is 3.48. The van der Waals surface area contributed by atoms with Crippen molar-refractivity contribution in [1.82, 2.24) is 9.80 Å². The van der Waals surface area contributed by atoms with Crippen molar-refractivity contribution in [3.05, 3.63) is 28.2 Å². The Morgan fingerprint density at radius 3 is 2.79 bits per heavy atom. The number of nitrogens with zero attached hydrogens (tertiary/aromatic N) is 2. The number of benzene rings is 1. The summed E-state index contributed by atoms with van der Waals surface area (Å²) in [6, 6.07) is 5.73. The third-order valence-corrected chi connectivity index (χ3v) is 4.78. The summed E-state index contributed by atoms with van der Waals surface area (Å²) in [6.07, 6.45) is 2.26. The van der Waals surface area contributed by atoms with Crippen molar-refractivity contribution in [3.63, 3.8) is 0 Å². The molecule has 1 heterocycles. The minimum atomic E-state index is -0.109. The van der Waals surface area contributed by atoms with Gasteiger partial charge in [0.1, 0.15) is 0 Å². The summed E-state index contributed by atoms with van der Waals surface area (Å²) in [7, 11) is 1.80. The molecule has 24 heavy (non-hydrogen) atoms. The third kappa shape index (κ3) is 5.60. The second-order valence-corrected chi connectivity index (χ2v) is 7.68. The molecule has 1 N–H and O–H groups in total. The van der Waals surface area contributed by atoms with Crippen LogP contribution in [-0.4, -0.2) is 54.8 Å². The molecule has 0 aliphatic carbocycles. The summed E-state index contributed by atoms with van der Waals surface area (Å²) >= 11 is 3.41. The molecule has 0 aromatic heterocycles. The van der Waals surface area contributed by atoms with Crippen molar-refractivity contribution in [2.75, 3.05) is 38.5 Å². The van der Waals surface area contributed by atoms with Crippen LogP contribution in [0.5, 0.6) is 0 Å². The summed E-state index contributed by atoms with van der Waals surface area (Å²) in [5.41, 5.74) is 1.80. The lowest BCUT2D eigenvalue weighted by Gasteiger charge is -2.32. The zero-order valence-corrected chi connectivity index (χ0v) is 16.2. The van der Waals surface area contributed by atoms with Crippen molar-refractivity contribution in [2.45, 2.75) is 26.7 Å². The lowest BCUT2D eigenvalue weighted by molar-refractivity contribution is -0.134. The molecule has 5 nitrogen and oxygen atoms in total. The molecular weight excluding hydrogens is 370 g/mol. The molecular formula is C18H26BrN3O2. The average molecular weight is 396 g/mol. The maximum Gasteiger partial charge on any atom is 0.238 e. The highest BCUT2D eigenvalue weighted by molar-refractivity contribution is 9.10. The van der Waals surface area contributed by atoms with Gasteiger partial charge in [-0.15, -0.1) is 0 Å². The third-order valence-electron chi connectivity index (χ3n) is 4.29. The number of nitrogens with one attached hydrogen (secondary N) is 1. The largest absolute Gasteiger partial charge is 0.341 e. The SMILES string of the molecule is Cc1cc(Br)ccc1NC(=O)CN(C)CC(=O)N1CCC[C@@H](C)C1. The lowest BCUT2D eigenvalue weighted by Crippen LogP contribution is -2.45. The number of halogens is 1. The van der Waals surface area contributed by atoms with Gasteiger partial charge < -0.3 is 10.2 Å². The Kier molecular flexibility index (Phi) is 6.80. The highest BCUT2D eigenvalue weighted by Crippen LogP contribution is 2.20. The van der Waals surface area contributed by atoms with E-state index >= 15 is 0 Å². The normalized spacial score (nSPS) is 17.9. The molecule has 1 aliphatic heterocycles. The molecule has 6 heteroatoms. The van der Waals surface area contributed by atoms with Crippen LogP contribution in [0.3, 0.4) is 0 Å². The maximum absolute atomic E-state index is 12.3. The van der Waals surface area contributed by atoms with Gasteiger partial charge in [0.05, 0.1) is 13.1 Å². The molecule has 0 unspecified atom stereocenters. The van der Waals surface area contributed by atoms with E-state index in [1.54, 1.807) is 11.9 Å². The summed E-state index contributed by atoms with van der Waals surface area (Å²) in [5.74, 6) is 0.566. The molecule has 1 saturated heterocycles. The number of carbonyl (C=O) groups is 2. The fraction of sp³-hybridized carbons (Fsp3) is 0.556. The summed E-state index contributed by atoms with van der Waals surface area (Å²) in [6.45, 7) is 6.27. The first kappa shape index (κ1) is 18.9. The first-order valence-electron chi connectivity index (χ1n) is 8.37. The van der Waals surface area contributed by atoms with Crippen molar-refractivity contribution < 1.29 is 9.59 Å². The first-order chi connectivity index (χ1) is 11.3. The van der Waals surface area contributed by atoms with Crippen LogP contribution in [0.1, 0.15) is 25.3 Å². The second kappa shape index (κ2) is 8.62. The maximum atomic E-state index is 12.3. The van der Waals surface area contributed by atoms with Crippen LogP contribution in [-0.2, 0) is 9.59 Å². The molecule has 132 valence electrons. The van der Waals surface area contributed by atoms with E-state index in [-0.39, 0.29) is 24.9 Å². The van der Waals surface area contributed by atoms with Gasteiger partial charge in [-0.25, -0.2) is 0 Å². The second-order valence-electron chi connectivity index (χ2n) is 6.77. The van der Waals surface area contributed by atoms with Gasteiger partial charge in [0, 0.05) is 23.2 Å². The summed E-state index contributed by atoms with van der Waals surface area (Å²) in [5, 5.41) is 2.90. The molecule has 1 aliphatic rings. The van der Waals surface area contributed by atoms with E-state index < -0.39 is 0 Å². The predicted molar refractivity (Wildman–Crippen MR) is 100.0 cm³/mol. The zero-order chi connectivity index (χ0) is 17.7.